The van der Waals surface area contributed by atoms with Gasteiger partial charge in [0.15, 0.2) is 14.1 Å². The average molecular weight is 324 g/mol. The van der Waals surface area contributed by atoms with E-state index < -0.39 is 8.32 Å². The molecule has 0 spiro atoms. The summed E-state index contributed by atoms with van der Waals surface area (Å²) in [6, 6.07) is 19.5. The largest absolute Gasteiger partial charge is 0.411 e. The van der Waals surface area contributed by atoms with Gasteiger partial charge < -0.3 is 4.43 Å². The van der Waals surface area contributed by atoms with Crippen LogP contribution < -0.4 is 0 Å². The molecule has 0 aliphatic rings. The number of hydrogen-bond acceptors (Lipinski definition) is 2. The third-order valence-corrected chi connectivity index (χ3v) is 4.30. The van der Waals surface area contributed by atoms with Crippen molar-refractivity contribution in [1.82, 2.24) is 0 Å². The van der Waals surface area contributed by atoms with Crippen LogP contribution in [0.3, 0.4) is 0 Å². The third-order valence-electron chi connectivity index (χ3n) is 3.29. The van der Waals surface area contributed by atoms with Gasteiger partial charge in [-0.1, -0.05) is 72.8 Å². The van der Waals surface area contributed by atoms with Crippen LogP contribution in [-0.2, 0) is 4.43 Å². The minimum absolute atomic E-state index is 0.117. The Bertz CT molecular complexity index is 642. The maximum atomic E-state index is 12.5. The van der Waals surface area contributed by atoms with Gasteiger partial charge in [-0.05, 0) is 25.2 Å². The predicted molar refractivity (Wildman–Crippen MR) is 99.1 cm³/mol. The zero-order valence-electron chi connectivity index (χ0n) is 14.0. The Morgan fingerprint density at radius 1 is 1.00 bits per heavy atom. The highest BCUT2D eigenvalue weighted by atomic mass is 28.4. The van der Waals surface area contributed by atoms with Gasteiger partial charge in [0.2, 0.25) is 0 Å². The van der Waals surface area contributed by atoms with Crippen molar-refractivity contribution in [2.24, 2.45) is 0 Å². The highest BCUT2D eigenvalue weighted by Gasteiger charge is 2.22. The average Bonchev–Trinajstić information content (AvgIpc) is 2.53. The molecule has 0 fully saturated rings. The van der Waals surface area contributed by atoms with Gasteiger partial charge in [0.05, 0.1) is 6.10 Å². The summed E-state index contributed by atoms with van der Waals surface area (Å²) in [4.78, 5) is 12.5. The molecule has 23 heavy (non-hydrogen) atoms. The molecule has 1 unspecified atom stereocenters. The van der Waals surface area contributed by atoms with Crippen molar-refractivity contribution >= 4 is 20.2 Å². The SMILES string of the molecule is C[Si](C)(C)OC(/C=C/c1ccccc1)CC(=O)c1ccccc1. The molecule has 0 saturated carbocycles. The molecule has 2 aromatic rings. The lowest BCUT2D eigenvalue weighted by atomic mass is 10.0. The minimum atomic E-state index is -1.73. The van der Waals surface area contributed by atoms with Crippen LogP contribution in [0, 0.1) is 0 Å². The molecule has 0 aliphatic carbocycles. The van der Waals surface area contributed by atoms with E-state index in [0.29, 0.717) is 6.42 Å². The van der Waals surface area contributed by atoms with Gasteiger partial charge in [0, 0.05) is 12.0 Å². The molecule has 120 valence electrons. The molecule has 0 bridgehead atoms. The van der Waals surface area contributed by atoms with Gasteiger partial charge in [-0.3, -0.25) is 4.79 Å². The fourth-order valence-electron chi connectivity index (χ4n) is 2.31. The summed E-state index contributed by atoms with van der Waals surface area (Å²) in [6.07, 6.45) is 4.23. The van der Waals surface area contributed by atoms with Crippen LogP contribution in [0.15, 0.2) is 66.7 Å². The molecule has 0 heterocycles. The first kappa shape index (κ1) is 17.4. The molecular formula is C20H24O2Si. The van der Waals surface area contributed by atoms with E-state index in [1.165, 1.54) is 0 Å². The molecule has 2 aromatic carbocycles. The van der Waals surface area contributed by atoms with Crippen molar-refractivity contribution in [2.75, 3.05) is 0 Å². The zero-order valence-corrected chi connectivity index (χ0v) is 15.0. The van der Waals surface area contributed by atoms with E-state index in [9.17, 15) is 4.79 Å². The Morgan fingerprint density at radius 3 is 2.13 bits per heavy atom. The van der Waals surface area contributed by atoms with Crippen LogP contribution in [0.1, 0.15) is 22.3 Å². The fraction of sp³-hybridized carbons (Fsp3) is 0.250. The maximum absolute atomic E-state index is 12.5. The van der Waals surface area contributed by atoms with Crippen LogP contribution in [-0.4, -0.2) is 20.2 Å². The Kier molecular flexibility index (Phi) is 6.08. The van der Waals surface area contributed by atoms with Crippen LogP contribution in [0.4, 0.5) is 0 Å². The van der Waals surface area contributed by atoms with E-state index in [0.717, 1.165) is 11.1 Å². The van der Waals surface area contributed by atoms with Crippen molar-refractivity contribution < 1.29 is 9.22 Å². The summed E-state index contributed by atoms with van der Waals surface area (Å²) < 4.78 is 6.18. The fourth-order valence-corrected chi connectivity index (χ4v) is 3.38. The van der Waals surface area contributed by atoms with E-state index in [1.54, 1.807) is 0 Å². The molecule has 2 nitrogen and oxygen atoms in total. The summed E-state index contributed by atoms with van der Waals surface area (Å²) in [7, 11) is -1.73. The molecule has 0 N–H and O–H groups in total. The first-order chi connectivity index (χ1) is 10.9. The smallest absolute Gasteiger partial charge is 0.184 e. The summed E-state index contributed by atoms with van der Waals surface area (Å²) in [5.74, 6) is 0.117. The lowest BCUT2D eigenvalue weighted by molar-refractivity contribution is 0.0933. The maximum Gasteiger partial charge on any atom is 0.184 e. The molecule has 0 amide bonds. The summed E-state index contributed by atoms with van der Waals surface area (Å²) in [6.45, 7) is 6.43. The quantitative estimate of drug-likeness (QED) is 0.517. The van der Waals surface area contributed by atoms with Crippen molar-refractivity contribution in [3.63, 3.8) is 0 Å². The molecule has 0 aromatic heterocycles. The van der Waals surface area contributed by atoms with E-state index in [4.69, 9.17) is 4.43 Å². The van der Waals surface area contributed by atoms with Crippen LogP contribution in [0.2, 0.25) is 19.6 Å². The molecule has 0 saturated heterocycles. The first-order valence-corrected chi connectivity index (χ1v) is 11.3. The third kappa shape index (κ3) is 6.34. The minimum Gasteiger partial charge on any atom is -0.411 e. The summed E-state index contributed by atoms with van der Waals surface area (Å²) in [5.41, 5.74) is 1.86. The molecule has 0 radical (unpaired) electrons. The highest BCUT2D eigenvalue weighted by Crippen LogP contribution is 2.16. The van der Waals surface area contributed by atoms with Gasteiger partial charge in [-0.2, -0.15) is 0 Å². The molecule has 3 heteroatoms. The Labute approximate surface area is 139 Å². The van der Waals surface area contributed by atoms with Crippen molar-refractivity contribution in [1.29, 1.82) is 0 Å². The van der Waals surface area contributed by atoms with E-state index in [2.05, 4.69) is 19.6 Å². The second-order valence-electron chi connectivity index (χ2n) is 6.53. The second kappa shape index (κ2) is 8.04. The Morgan fingerprint density at radius 2 is 1.57 bits per heavy atom. The van der Waals surface area contributed by atoms with Crippen LogP contribution >= 0.6 is 0 Å². The van der Waals surface area contributed by atoms with Crippen molar-refractivity contribution in [2.45, 2.75) is 32.2 Å². The highest BCUT2D eigenvalue weighted by molar-refractivity contribution is 6.69. The standard InChI is InChI=1S/C20H24O2Si/c1-23(2,3)22-19(15-14-17-10-6-4-7-11-17)16-20(21)18-12-8-5-9-13-18/h4-15,19H,16H2,1-3H3/b15-14+. The summed E-state index contributed by atoms with van der Waals surface area (Å²) in [5, 5.41) is 0. The van der Waals surface area contributed by atoms with Gasteiger partial charge >= 0.3 is 0 Å². The normalized spacial score (nSPS) is 13.2. The zero-order chi connectivity index (χ0) is 16.7. The molecule has 2 rings (SSSR count). The number of benzene rings is 2. The predicted octanol–water partition coefficient (Wildman–Crippen LogP) is 5.19. The first-order valence-electron chi connectivity index (χ1n) is 7.93. The van der Waals surface area contributed by atoms with Gasteiger partial charge in [0.25, 0.3) is 0 Å². The number of hydrogen-bond donors (Lipinski definition) is 0. The number of rotatable bonds is 7. The number of Topliss-reactive ketones (excluding diaryl/α,β-unsaturated/α-hetero) is 1. The van der Waals surface area contributed by atoms with Crippen LogP contribution in [0.5, 0.6) is 0 Å². The monoisotopic (exact) mass is 324 g/mol. The molecule has 1 atom stereocenters. The van der Waals surface area contributed by atoms with E-state index in [-0.39, 0.29) is 11.9 Å². The van der Waals surface area contributed by atoms with E-state index in [1.807, 2.05) is 72.8 Å². The van der Waals surface area contributed by atoms with Gasteiger partial charge in [-0.15, -0.1) is 0 Å². The van der Waals surface area contributed by atoms with Crippen molar-refractivity contribution in [3.05, 3.63) is 77.9 Å². The Balaban J connectivity index is 2.11. The number of ketones is 1. The topological polar surface area (TPSA) is 26.3 Å². The lowest BCUT2D eigenvalue weighted by Crippen LogP contribution is -2.32. The number of carbonyl (C=O) groups is 1. The summed E-state index contributed by atoms with van der Waals surface area (Å²) >= 11 is 0. The van der Waals surface area contributed by atoms with Gasteiger partial charge in [-0.25, -0.2) is 0 Å². The number of carbonyl (C=O) groups excluding carboxylic acids is 1. The van der Waals surface area contributed by atoms with Crippen molar-refractivity contribution in [3.8, 4) is 0 Å². The Hall–Kier alpha value is -1.97. The lowest BCUT2D eigenvalue weighted by Gasteiger charge is -2.24. The van der Waals surface area contributed by atoms with Gasteiger partial charge in [0.1, 0.15) is 0 Å². The molecular weight excluding hydrogens is 300 g/mol. The van der Waals surface area contributed by atoms with E-state index >= 15 is 0 Å². The molecule has 0 aliphatic heterocycles. The van der Waals surface area contributed by atoms with Crippen LogP contribution in [0.25, 0.3) is 6.08 Å². The second-order valence-corrected chi connectivity index (χ2v) is 11.0.